The van der Waals surface area contributed by atoms with Gasteiger partial charge in [0.2, 0.25) is 5.43 Å². The van der Waals surface area contributed by atoms with Crippen molar-refractivity contribution >= 4 is 28.6 Å². The summed E-state index contributed by atoms with van der Waals surface area (Å²) in [7, 11) is 0. The number of ketones is 1. The van der Waals surface area contributed by atoms with Crippen molar-refractivity contribution < 1.29 is 18.7 Å². The minimum Gasteiger partial charge on any atom is -0.462 e. The quantitative estimate of drug-likeness (QED) is 0.699. The number of nitrogens with zero attached hydrogens (tertiary/aromatic N) is 3. The van der Waals surface area contributed by atoms with Gasteiger partial charge >= 0.3 is 5.97 Å². The van der Waals surface area contributed by atoms with Crippen LogP contribution in [0.1, 0.15) is 37.6 Å². The lowest BCUT2D eigenvalue weighted by Gasteiger charge is -2.20. The van der Waals surface area contributed by atoms with Gasteiger partial charge in [0.15, 0.2) is 11.6 Å². The standard InChI is InChI=1S/C20H25FN4O4/c1-4-24-11-15(20(28)29-5-2)17(27)14-8-16(21)19(23-18(14)24)25-7-6-13(10-25)22-9-12(3)26/h8,11,13,22H,4-7,9-10H2,1-3H3. The van der Waals surface area contributed by atoms with Gasteiger partial charge in [-0.05, 0) is 33.3 Å². The summed E-state index contributed by atoms with van der Waals surface area (Å²) in [5, 5.41) is 3.20. The van der Waals surface area contributed by atoms with Gasteiger partial charge in [-0.2, -0.15) is 0 Å². The molecule has 1 saturated heterocycles. The van der Waals surface area contributed by atoms with Crippen molar-refractivity contribution in [3.05, 3.63) is 33.9 Å². The Bertz CT molecular complexity index is 1000. The second-order valence-corrected chi connectivity index (χ2v) is 7.06. The van der Waals surface area contributed by atoms with Gasteiger partial charge in [0.25, 0.3) is 0 Å². The molecule has 0 saturated carbocycles. The highest BCUT2D eigenvalue weighted by atomic mass is 19.1. The van der Waals surface area contributed by atoms with Crippen LogP contribution >= 0.6 is 0 Å². The van der Waals surface area contributed by atoms with Gasteiger partial charge in [-0.15, -0.1) is 0 Å². The summed E-state index contributed by atoms with van der Waals surface area (Å²) >= 11 is 0. The number of carbonyl (C=O) groups is 2. The van der Waals surface area contributed by atoms with Crippen LogP contribution in [0.2, 0.25) is 0 Å². The number of hydrogen-bond donors (Lipinski definition) is 1. The Morgan fingerprint density at radius 2 is 2.14 bits per heavy atom. The van der Waals surface area contributed by atoms with E-state index >= 15 is 0 Å². The summed E-state index contributed by atoms with van der Waals surface area (Å²) in [6.07, 6.45) is 2.17. The zero-order valence-corrected chi connectivity index (χ0v) is 16.8. The maximum absolute atomic E-state index is 14.9. The number of halogens is 1. The molecule has 0 aliphatic carbocycles. The molecule has 8 nitrogen and oxygen atoms in total. The van der Waals surface area contributed by atoms with Crippen LogP contribution in [0, 0.1) is 5.82 Å². The van der Waals surface area contributed by atoms with Crippen molar-refractivity contribution in [2.24, 2.45) is 0 Å². The number of Topliss-reactive ketones (excluding diaryl/α,β-unsaturated/α-hetero) is 1. The average Bonchev–Trinajstić information content (AvgIpc) is 3.15. The lowest BCUT2D eigenvalue weighted by atomic mass is 10.2. The smallest absolute Gasteiger partial charge is 0.343 e. The van der Waals surface area contributed by atoms with Crippen LogP contribution in [-0.4, -0.2) is 53.6 Å². The van der Waals surface area contributed by atoms with Crippen LogP contribution in [0.5, 0.6) is 0 Å². The van der Waals surface area contributed by atoms with E-state index in [0.717, 1.165) is 12.5 Å². The van der Waals surface area contributed by atoms with Crippen LogP contribution in [0.4, 0.5) is 10.2 Å². The molecule has 3 heterocycles. The van der Waals surface area contributed by atoms with Gasteiger partial charge < -0.3 is 19.5 Å². The summed E-state index contributed by atoms with van der Waals surface area (Å²) in [6.45, 7) is 6.98. The maximum Gasteiger partial charge on any atom is 0.343 e. The number of nitrogens with one attached hydrogen (secondary N) is 1. The minimum absolute atomic E-state index is 0.0443. The highest BCUT2D eigenvalue weighted by Gasteiger charge is 2.27. The van der Waals surface area contributed by atoms with E-state index in [0.29, 0.717) is 25.3 Å². The maximum atomic E-state index is 14.9. The van der Waals surface area contributed by atoms with E-state index in [1.807, 2.05) is 6.92 Å². The fourth-order valence-corrected chi connectivity index (χ4v) is 3.50. The van der Waals surface area contributed by atoms with E-state index in [1.165, 1.54) is 13.1 Å². The number of esters is 1. The Morgan fingerprint density at radius 1 is 1.38 bits per heavy atom. The number of anilines is 1. The second kappa shape index (κ2) is 8.69. The van der Waals surface area contributed by atoms with Crippen molar-refractivity contribution in [2.75, 3.05) is 31.1 Å². The number of pyridine rings is 2. The molecular weight excluding hydrogens is 379 g/mol. The fraction of sp³-hybridized carbons (Fsp3) is 0.500. The third-order valence-electron chi connectivity index (χ3n) is 4.95. The Balaban J connectivity index is 1.99. The first-order valence-electron chi connectivity index (χ1n) is 9.74. The number of ether oxygens (including phenoxy) is 1. The van der Waals surface area contributed by atoms with Gasteiger partial charge in [0, 0.05) is 31.9 Å². The predicted molar refractivity (Wildman–Crippen MR) is 107 cm³/mol. The summed E-state index contributed by atoms with van der Waals surface area (Å²) in [5.41, 5.74) is -0.407. The SMILES string of the molecule is CCOC(=O)c1cn(CC)c2nc(N3CCC(NCC(C)=O)C3)c(F)cc2c1=O. The first-order valence-corrected chi connectivity index (χ1v) is 9.74. The van der Waals surface area contributed by atoms with Gasteiger partial charge in [0.1, 0.15) is 17.0 Å². The Hall–Kier alpha value is -2.81. The highest BCUT2D eigenvalue weighted by molar-refractivity contribution is 5.93. The lowest BCUT2D eigenvalue weighted by molar-refractivity contribution is -0.116. The normalized spacial score (nSPS) is 16.4. The van der Waals surface area contributed by atoms with Crippen molar-refractivity contribution in [1.82, 2.24) is 14.9 Å². The molecule has 1 aliphatic heterocycles. The molecule has 1 fully saturated rings. The number of aromatic nitrogens is 2. The molecule has 3 rings (SSSR count). The monoisotopic (exact) mass is 404 g/mol. The van der Waals surface area contributed by atoms with Crippen LogP contribution in [-0.2, 0) is 16.1 Å². The molecule has 1 atom stereocenters. The molecule has 0 bridgehead atoms. The summed E-state index contributed by atoms with van der Waals surface area (Å²) in [5.74, 6) is -1.14. The van der Waals surface area contributed by atoms with Crippen molar-refractivity contribution in [3.8, 4) is 0 Å². The van der Waals surface area contributed by atoms with Gasteiger partial charge in [-0.25, -0.2) is 14.2 Å². The molecule has 2 aromatic heterocycles. The minimum atomic E-state index is -0.731. The first-order chi connectivity index (χ1) is 13.8. The second-order valence-electron chi connectivity index (χ2n) is 7.06. The van der Waals surface area contributed by atoms with Gasteiger partial charge in [0.05, 0.1) is 18.5 Å². The Kier molecular flexibility index (Phi) is 6.26. The van der Waals surface area contributed by atoms with Crippen molar-refractivity contribution in [2.45, 2.75) is 39.8 Å². The van der Waals surface area contributed by atoms with Crippen molar-refractivity contribution in [3.63, 3.8) is 0 Å². The molecule has 9 heteroatoms. The topological polar surface area (TPSA) is 93.5 Å². The van der Waals surface area contributed by atoms with Crippen LogP contribution < -0.4 is 15.6 Å². The molecule has 156 valence electrons. The molecule has 0 aromatic carbocycles. The molecule has 0 spiro atoms. The number of fused-ring (bicyclic) bond motifs is 1. The van der Waals surface area contributed by atoms with Gasteiger partial charge in [-0.3, -0.25) is 9.59 Å². The van der Waals surface area contributed by atoms with Crippen LogP contribution in [0.25, 0.3) is 11.0 Å². The van der Waals surface area contributed by atoms with Gasteiger partial charge in [-0.1, -0.05) is 0 Å². The van der Waals surface area contributed by atoms with E-state index in [-0.39, 0.29) is 41.7 Å². The van der Waals surface area contributed by atoms with E-state index in [2.05, 4.69) is 10.3 Å². The lowest BCUT2D eigenvalue weighted by Crippen LogP contribution is -2.35. The largest absolute Gasteiger partial charge is 0.462 e. The molecule has 0 amide bonds. The van der Waals surface area contributed by atoms with Crippen molar-refractivity contribution in [1.29, 1.82) is 0 Å². The third-order valence-corrected chi connectivity index (χ3v) is 4.95. The number of aryl methyl sites for hydroxylation is 1. The highest BCUT2D eigenvalue weighted by Crippen LogP contribution is 2.25. The van der Waals surface area contributed by atoms with Crippen LogP contribution in [0.15, 0.2) is 17.1 Å². The predicted octanol–water partition coefficient (Wildman–Crippen LogP) is 1.49. The molecule has 1 aliphatic rings. The van der Waals surface area contributed by atoms with E-state index in [4.69, 9.17) is 4.74 Å². The molecule has 1 N–H and O–H groups in total. The van der Waals surface area contributed by atoms with Crippen LogP contribution in [0.3, 0.4) is 0 Å². The summed E-state index contributed by atoms with van der Waals surface area (Å²) < 4.78 is 21.5. The molecular formula is C20H25FN4O4. The molecule has 0 radical (unpaired) electrons. The zero-order chi connectivity index (χ0) is 21.1. The first kappa shape index (κ1) is 20.9. The summed E-state index contributed by atoms with van der Waals surface area (Å²) in [4.78, 5) is 42.2. The van der Waals surface area contributed by atoms with E-state index < -0.39 is 17.2 Å². The third kappa shape index (κ3) is 4.29. The number of carbonyl (C=O) groups excluding carboxylic acids is 2. The zero-order valence-electron chi connectivity index (χ0n) is 16.8. The molecule has 2 aromatic rings. The fourth-order valence-electron chi connectivity index (χ4n) is 3.50. The number of hydrogen-bond acceptors (Lipinski definition) is 7. The summed E-state index contributed by atoms with van der Waals surface area (Å²) in [6, 6.07) is 1.21. The molecule has 29 heavy (non-hydrogen) atoms. The van der Waals surface area contributed by atoms with E-state index in [9.17, 15) is 18.8 Å². The average molecular weight is 404 g/mol. The molecule has 1 unspecified atom stereocenters. The Labute approximate surface area is 167 Å². The number of rotatable bonds is 7. The Morgan fingerprint density at radius 3 is 2.79 bits per heavy atom. The van der Waals surface area contributed by atoms with E-state index in [1.54, 1.807) is 16.4 Å².